The Morgan fingerprint density at radius 2 is 2.18 bits per heavy atom. The third-order valence-corrected chi connectivity index (χ3v) is 2.20. The standard InChI is InChI=1S/C11H10N4O2/c12-11(17)15-14-6-7-5-13-9-4-2-1-3-8(9)10(7)16/h1-6H,(H,13,16)(H3,12,15,17). The summed E-state index contributed by atoms with van der Waals surface area (Å²) in [6, 6.07) is 6.35. The van der Waals surface area contributed by atoms with Gasteiger partial charge in [-0.3, -0.25) is 4.79 Å². The van der Waals surface area contributed by atoms with Crippen molar-refractivity contribution in [3.63, 3.8) is 0 Å². The monoisotopic (exact) mass is 230 g/mol. The van der Waals surface area contributed by atoms with Crippen molar-refractivity contribution < 1.29 is 4.79 Å². The number of fused-ring (bicyclic) bond motifs is 1. The summed E-state index contributed by atoms with van der Waals surface area (Å²) in [5, 5.41) is 4.10. The molecule has 0 saturated carbocycles. The van der Waals surface area contributed by atoms with Gasteiger partial charge in [-0.2, -0.15) is 5.10 Å². The molecule has 6 heteroatoms. The van der Waals surface area contributed by atoms with Crippen molar-refractivity contribution in [1.29, 1.82) is 0 Å². The molecule has 1 aromatic heterocycles. The van der Waals surface area contributed by atoms with E-state index in [-0.39, 0.29) is 5.43 Å². The molecule has 0 aliphatic rings. The predicted octanol–water partition coefficient (Wildman–Crippen LogP) is 0.530. The third-order valence-electron chi connectivity index (χ3n) is 2.20. The summed E-state index contributed by atoms with van der Waals surface area (Å²) < 4.78 is 0. The number of amides is 2. The van der Waals surface area contributed by atoms with Gasteiger partial charge in [-0.15, -0.1) is 0 Å². The number of H-pyrrole nitrogens is 1. The van der Waals surface area contributed by atoms with Gasteiger partial charge in [0.25, 0.3) is 0 Å². The molecule has 0 aliphatic carbocycles. The summed E-state index contributed by atoms with van der Waals surface area (Å²) >= 11 is 0. The van der Waals surface area contributed by atoms with E-state index in [9.17, 15) is 9.59 Å². The van der Waals surface area contributed by atoms with Crippen molar-refractivity contribution in [3.8, 4) is 0 Å². The zero-order valence-electron chi connectivity index (χ0n) is 8.81. The highest BCUT2D eigenvalue weighted by Crippen LogP contribution is 2.05. The lowest BCUT2D eigenvalue weighted by Gasteiger charge is -1.98. The molecule has 0 spiro atoms. The SMILES string of the molecule is NC(=O)NN=Cc1c[nH]c2ccccc2c1=O. The average Bonchev–Trinajstić information content (AvgIpc) is 2.32. The molecule has 2 rings (SSSR count). The number of primary amides is 1. The first-order chi connectivity index (χ1) is 8.18. The minimum Gasteiger partial charge on any atom is -0.360 e. The molecular formula is C11H10N4O2. The van der Waals surface area contributed by atoms with Crippen LogP contribution in [0.1, 0.15) is 5.56 Å². The fourth-order valence-electron chi connectivity index (χ4n) is 1.44. The smallest absolute Gasteiger partial charge is 0.332 e. The first-order valence-electron chi connectivity index (χ1n) is 4.87. The molecule has 2 amide bonds. The Labute approximate surface area is 96.1 Å². The van der Waals surface area contributed by atoms with Crippen molar-refractivity contribution in [1.82, 2.24) is 10.4 Å². The maximum absolute atomic E-state index is 11.9. The molecule has 0 aliphatic heterocycles. The molecule has 0 atom stereocenters. The summed E-state index contributed by atoms with van der Waals surface area (Å²) in [4.78, 5) is 25.3. The van der Waals surface area contributed by atoms with Crippen molar-refractivity contribution >= 4 is 23.1 Å². The van der Waals surface area contributed by atoms with Gasteiger partial charge in [0, 0.05) is 17.1 Å². The van der Waals surface area contributed by atoms with E-state index in [0.29, 0.717) is 10.9 Å². The minimum atomic E-state index is -0.779. The zero-order valence-corrected chi connectivity index (χ0v) is 8.81. The molecule has 1 aromatic carbocycles. The van der Waals surface area contributed by atoms with Crippen LogP contribution in [0.5, 0.6) is 0 Å². The third kappa shape index (κ3) is 2.31. The van der Waals surface area contributed by atoms with Gasteiger partial charge in [0.15, 0.2) is 5.43 Å². The fourth-order valence-corrected chi connectivity index (χ4v) is 1.44. The topological polar surface area (TPSA) is 100 Å². The van der Waals surface area contributed by atoms with Crippen LogP contribution in [0.25, 0.3) is 10.9 Å². The summed E-state index contributed by atoms with van der Waals surface area (Å²) in [5.74, 6) is 0. The normalized spacial score (nSPS) is 10.8. The van der Waals surface area contributed by atoms with Crippen LogP contribution in [0.2, 0.25) is 0 Å². The summed E-state index contributed by atoms with van der Waals surface area (Å²) in [6.45, 7) is 0. The summed E-state index contributed by atoms with van der Waals surface area (Å²) in [5.41, 5.74) is 7.79. The number of hydrogen-bond donors (Lipinski definition) is 3. The second kappa shape index (κ2) is 4.48. The first-order valence-corrected chi connectivity index (χ1v) is 4.87. The number of benzene rings is 1. The molecule has 0 radical (unpaired) electrons. The number of rotatable bonds is 2. The lowest BCUT2D eigenvalue weighted by Crippen LogP contribution is -2.24. The molecule has 0 saturated heterocycles. The number of urea groups is 1. The molecule has 86 valence electrons. The van der Waals surface area contributed by atoms with Crippen LogP contribution in [0.4, 0.5) is 4.79 Å². The molecule has 6 nitrogen and oxygen atoms in total. The van der Waals surface area contributed by atoms with Gasteiger partial charge in [-0.1, -0.05) is 12.1 Å². The Morgan fingerprint density at radius 3 is 2.94 bits per heavy atom. The van der Waals surface area contributed by atoms with Crippen LogP contribution >= 0.6 is 0 Å². The lowest BCUT2D eigenvalue weighted by atomic mass is 10.1. The highest BCUT2D eigenvalue weighted by molar-refractivity contribution is 5.87. The Balaban J connectivity index is 2.43. The highest BCUT2D eigenvalue weighted by atomic mass is 16.2. The molecule has 17 heavy (non-hydrogen) atoms. The maximum atomic E-state index is 11.9. The molecular weight excluding hydrogens is 220 g/mol. The van der Waals surface area contributed by atoms with Crippen LogP contribution in [0, 0.1) is 0 Å². The second-order valence-corrected chi connectivity index (χ2v) is 3.35. The van der Waals surface area contributed by atoms with Crippen LogP contribution in [-0.2, 0) is 0 Å². The van der Waals surface area contributed by atoms with Crippen LogP contribution < -0.4 is 16.6 Å². The molecule has 2 aromatic rings. The number of aromatic nitrogens is 1. The number of nitrogens with zero attached hydrogens (tertiary/aromatic N) is 1. The molecule has 0 unspecified atom stereocenters. The van der Waals surface area contributed by atoms with Crippen molar-refractivity contribution in [2.24, 2.45) is 10.8 Å². The van der Waals surface area contributed by atoms with Gasteiger partial charge < -0.3 is 10.7 Å². The number of para-hydroxylation sites is 1. The van der Waals surface area contributed by atoms with E-state index in [1.807, 2.05) is 11.5 Å². The van der Waals surface area contributed by atoms with Gasteiger partial charge in [0.2, 0.25) is 0 Å². The number of carbonyl (C=O) groups excluding carboxylic acids is 1. The Morgan fingerprint density at radius 1 is 1.41 bits per heavy atom. The summed E-state index contributed by atoms with van der Waals surface area (Å²) in [6.07, 6.45) is 2.77. The lowest BCUT2D eigenvalue weighted by molar-refractivity contribution is 0.249. The number of hydrazone groups is 1. The largest absolute Gasteiger partial charge is 0.360 e. The van der Waals surface area contributed by atoms with Crippen LogP contribution in [-0.4, -0.2) is 17.2 Å². The van der Waals surface area contributed by atoms with Gasteiger partial charge in [-0.25, -0.2) is 10.2 Å². The number of hydrogen-bond acceptors (Lipinski definition) is 3. The highest BCUT2D eigenvalue weighted by Gasteiger charge is 2.01. The Hall–Kier alpha value is -2.63. The van der Waals surface area contributed by atoms with Gasteiger partial charge in [0.05, 0.1) is 11.8 Å². The molecule has 0 bridgehead atoms. The van der Waals surface area contributed by atoms with E-state index in [1.54, 1.807) is 18.2 Å². The minimum absolute atomic E-state index is 0.158. The van der Waals surface area contributed by atoms with E-state index in [4.69, 9.17) is 5.73 Å². The Bertz CT molecular complexity index is 645. The number of carbonyl (C=O) groups is 1. The Kier molecular flexibility index (Phi) is 2.87. The van der Waals surface area contributed by atoms with Crippen molar-refractivity contribution in [2.75, 3.05) is 0 Å². The quantitative estimate of drug-likeness (QED) is 0.517. The summed E-state index contributed by atoms with van der Waals surface area (Å²) in [7, 11) is 0. The maximum Gasteiger partial charge on any atom is 0.332 e. The zero-order chi connectivity index (χ0) is 12.3. The first kappa shape index (κ1) is 10.9. The molecule has 4 N–H and O–H groups in total. The van der Waals surface area contributed by atoms with Crippen LogP contribution in [0.15, 0.2) is 40.4 Å². The van der Waals surface area contributed by atoms with Gasteiger partial charge in [-0.05, 0) is 12.1 Å². The number of nitrogens with two attached hydrogens (primary N) is 1. The average molecular weight is 230 g/mol. The van der Waals surface area contributed by atoms with Gasteiger partial charge in [0.1, 0.15) is 0 Å². The van der Waals surface area contributed by atoms with E-state index >= 15 is 0 Å². The number of nitrogens with one attached hydrogen (secondary N) is 2. The molecule has 1 heterocycles. The van der Waals surface area contributed by atoms with E-state index < -0.39 is 6.03 Å². The van der Waals surface area contributed by atoms with E-state index in [1.165, 1.54) is 12.4 Å². The van der Waals surface area contributed by atoms with Crippen molar-refractivity contribution in [3.05, 3.63) is 46.2 Å². The number of pyridine rings is 1. The fraction of sp³-hybridized carbons (Fsp3) is 0. The van der Waals surface area contributed by atoms with Crippen LogP contribution in [0.3, 0.4) is 0 Å². The molecule has 0 fully saturated rings. The van der Waals surface area contributed by atoms with Gasteiger partial charge >= 0.3 is 6.03 Å². The predicted molar refractivity (Wildman–Crippen MR) is 64.9 cm³/mol. The van der Waals surface area contributed by atoms with E-state index in [0.717, 1.165) is 5.52 Å². The number of aromatic amines is 1. The second-order valence-electron chi connectivity index (χ2n) is 3.35. The van der Waals surface area contributed by atoms with E-state index in [2.05, 4.69) is 10.1 Å². The van der Waals surface area contributed by atoms with Crippen molar-refractivity contribution in [2.45, 2.75) is 0 Å².